The van der Waals surface area contributed by atoms with Crippen molar-refractivity contribution in [2.24, 2.45) is 0 Å². The van der Waals surface area contributed by atoms with Crippen LogP contribution in [0.4, 0.5) is 10.1 Å². The first kappa shape index (κ1) is 8.61. The van der Waals surface area contributed by atoms with Crippen LogP contribution in [0.1, 0.15) is 5.56 Å². The summed E-state index contributed by atoms with van der Waals surface area (Å²) in [5, 5.41) is 18.7. The first-order valence-corrected chi connectivity index (χ1v) is 3.07. The summed E-state index contributed by atoms with van der Waals surface area (Å²) in [6.07, 6.45) is 0. The number of hydrogen-bond donors (Lipinski definition) is 1. The van der Waals surface area contributed by atoms with Crippen molar-refractivity contribution in [3.63, 3.8) is 0 Å². The summed E-state index contributed by atoms with van der Waals surface area (Å²) >= 11 is 0. The molecule has 12 heavy (non-hydrogen) atoms. The van der Waals surface area contributed by atoms with Gasteiger partial charge in [0.25, 0.3) is 0 Å². The standard InChI is InChI=1S/C7H5FNO3/c8-6-3-1-2-5(4-10)7(6)9(11)12/h1-4,10H. The fraction of sp³-hybridized carbons (Fsp3) is 0. The molecule has 5 heteroatoms. The van der Waals surface area contributed by atoms with E-state index in [2.05, 4.69) is 0 Å². The Balaban J connectivity index is 3.29. The zero-order valence-corrected chi connectivity index (χ0v) is 5.90. The van der Waals surface area contributed by atoms with Crippen molar-refractivity contribution in [2.45, 2.75) is 0 Å². The van der Waals surface area contributed by atoms with E-state index in [1.807, 2.05) is 0 Å². The van der Waals surface area contributed by atoms with Gasteiger partial charge < -0.3 is 5.11 Å². The van der Waals surface area contributed by atoms with E-state index in [0.717, 1.165) is 6.07 Å². The van der Waals surface area contributed by atoms with Gasteiger partial charge in [0.2, 0.25) is 5.82 Å². The second-order valence-corrected chi connectivity index (χ2v) is 2.06. The molecule has 1 radical (unpaired) electrons. The lowest BCUT2D eigenvalue weighted by atomic mass is 10.2. The third-order valence-corrected chi connectivity index (χ3v) is 1.34. The number of nitro benzene ring substituents is 1. The highest BCUT2D eigenvalue weighted by Crippen LogP contribution is 2.22. The first-order chi connectivity index (χ1) is 5.66. The Morgan fingerprint density at radius 3 is 2.67 bits per heavy atom. The Labute approximate surface area is 67.4 Å². The molecule has 0 aliphatic carbocycles. The van der Waals surface area contributed by atoms with Crippen LogP contribution >= 0.6 is 0 Å². The van der Waals surface area contributed by atoms with Gasteiger partial charge in [0, 0.05) is 0 Å². The Hall–Kier alpha value is -1.49. The molecule has 0 spiro atoms. The Morgan fingerprint density at radius 1 is 1.58 bits per heavy atom. The normalized spacial score (nSPS) is 9.83. The molecule has 0 aliphatic rings. The topological polar surface area (TPSA) is 63.4 Å². The lowest BCUT2D eigenvalue weighted by Crippen LogP contribution is -1.97. The number of aliphatic hydroxyl groups is 1. The fourth-order valence-electron chi connectivity index (χ4n) is 0.829. The molecular formula is C7H5FNO3. The summed E-state index contributed by atoms with van der Waals surface area (Å²) in [4.78, 5) is 9.36. The molecule has 0 aliphatic heterocycles. The van der Waals surface area contributed by atoms with E-state index in [1.165, 1.54) is 12.1 Å². The third kappa shape index (κ3) is 1.40. The van der Waals surface area contributed by atoms with Crippen molar-refractivity contribution in [2.75, 3.05) is 0 Å². The minimum Gasteiger partial charge on any atom is -0.385 e. The predicted octanol–water partition coefficient (Wildman–Crippen LogP) is 1.62. The number of nitro groups is 1. The van der Waals surface area contributed by atoms with Crippen LogP contribution < -0.4 is 0 Å². The highest BCUT2D eigenvalue weighted by molar-refractivity contribution is 5.44. The van der Waals surface area contributed by atoms with Crippen LogP contribution in [0.5, 0.6) is 0 Å². The van der Waals surface area contributed by atoms with Crippen molar-refractivity contribution >= 4 is 5.69 Å². The van der Waals surface area contributed by atoms with E-state index < -0.39 is 16.4 Å². The van der Waals surface area contributed by atoms with Crippen molar-refractivity contribution in [1.82, 2.24) is 0 Å². The quantitative estimate of drug-likeness (QED) is 0.541. The molecule has 0 saturated carbocycles. The molecule has 0 bridgehead atoms. The first-order valence-electron chi connectivity index (χ1n) is 3.07. The summed E-state index contributed by atoms with van der Waals surface area (Å²) < 4.78 is 12.7. The Kier molecular flexibility index (Phi) is 2.35. The molecule has 0 fully saturated rings. The monoisotopic (exact) mass is 170 g/mol. The Bertz CT molecular complexity index is 314. The lowest BCUT2D eigenvalue weighted by Gasteiger charge is -1.97. The maximum Gasteiger partial charge on any atom is 0.310 e. The predicted molar refractivity (Wildman–Crippen MR) is 38.4 cm³/mol. The molecule has 0 atom stereocenters. The van der Waals surface area contributed by atoms with Gasteiger partial charge in [-0.3, -0.25) is 10.1 Å². The molecule has 63 valence electrons. The van der Waals surface area contributed by atoms with Gasteiger partial charge in [-0.05, 0) is 12.1 Å². The number of halogens is 1. The van der Waals surface area contributed by atoms with Gasteiger partial charge in [-0.25, -0.2) is 0 Å². The molecule has 0 unspecified atom stereocenters. The molecule has 0 heterocycles. The van der Waals surface area contributed by atoms with Crippen LogP contribution in [-0.4, -0.2) is 10.0 Å². The average Bonchev–Trinajstić information content (AvgIpc) is 2.03. The van der Waals surface area contributed by atoms with Crippen molar-refractivity contribution in [3.05, 3.63) is 46.3 Å². The van der Waals surface area contributed by atoms with E-state index in [4.69, 9.17) is 5.11 Å². The third-order valence-electron chi connectivity index (χ3n) is 1.34. The van der Waals surface area contributed by atoms with Crippen LogP contribution in [0.3, 0.4) is 0 Å². The highest BCUT2D eigenvalue weighted by atomic mass is 19.1. The number of hydrogen-bond acceptors (Lipinski definition) is 3. The number of para-hydroxylation sites is 1. The van der Waals surface area contributed by atoms with Crippen LogP contribution in [0.25, 0.3) is 0 Å². The zero-order chi connectivity index (χ0) is 9.14. The molecule has 1 rings (SSSR count). The second kappa shape index (κ2) is 3.27. The molecule has 1 aromatic rings. The minimum atomic E-state index is -0.956. The van der Waals surface area contributed by atoms with Gasteiger partial charge >= 0.3 is 5.69 Å². The highest BCUT2D eigenvalue weighted by Gasteiger charge is 2.18. The van der Waals surface area contributed by atoms with Crippen molar-refractivity contribution in [1.29, 1.82) is 0 Å². The minimum absolute atomic E-state index is 0.139. The van der Waals surface area contributed by atoms with E-state index in [9.17, 15) is 14.5 Å². The zero-order valence-electron chi connectivity index (χ0n) is 5.90. The number of rotatable bonds is 2. The number of aliphatic hydroxyl groups excluding tert-OH is 1. The molecule has 1 aromatic carbocycles. The van der Waals surface area contributed by atoms with Gasteiger partial charge in [-0.15, -0.1) is 0 Å². The maximum absolute atomic E-state index is 12.7. The van der Waals surface area contributed by atoms with Crippen LogP contribution in [0.2, 0.25) is 0 Å². The molecule has 1 N–H and O–H groups in total. The van der Waals surface area contributed by atoms with Crippen molar-refractivity contribution < 1.29 is 14.4 Å². The maximum atomic E-state index is 12.7. The van der Waals surface area contributed by atoms with E-state index in [-0.39, 0.29) is 5.56 Å². The van der Waals surface area contributed by atoms with E-state index in [0.29, 0.717) is 6.61 Å². The lowest BCUT2D eigenvalue weighted by molar-refractivity contribution is -0.388. The molecular weight excluding hydrogens is 165 g/mol. The number of benzene rings is 1. The van der Waals surface area contributed by atoms with Gasteiger partial charge in [0.1, 0.15) is 6.61 Å². The van der Waals surface area contributed by atoms with Gasteiger partial charge in [-0.1, -0.05) is 6.07 Å². The van der Waals surface area contributed by atoms with Crippen LogP contribution in [-0.2, 0) is 0 Å². The van der Waals surface area contributed by atoms with E-state index >= 15 is 0 Å². The summed E-state index contributed by atoms with van der Waals surface area (Å²) in [5.74, 6) is -0.956. The van der Waals surface area contributed by atoms with Gasteiger partial charge in [0.15, 0.2) is 0 Å². The molecule has 0 aromatic heterocycles. The van der Waals surface area contributed by atoms with Crippen LogP contribution in [0.15, 0.2) is 18.2 Å². The molecule has 0 amide bonds. The second-order valence-electron chi connectivity index (χ2n) is 2.06. The molecule has 0 saturated heterocycles. The fourth-order valence-corrected chi connectivity index (χ4v) is 0.829. The Morgan fingerprint density at radius 2 is 2.25 bits per heavy atom. The smallest absolute Gasteiger partial charge is 0.310 e. The van der Waals surface area contributed by atoms with Crippen LogP contribution in [0, 0.1) is 22.5 Å². The van der Waals surface area contributed by atoms with E-state index in [1.54, 1.807) is 0 Å². The summed E-state index contributed by atoms with van der Waals surface area (Å²) in [6.45, 7) is 0.501. The van der Waals surface area contributed by atoms with Gasteiger partial charge in [-0.2, -0.15) is 4.39 Å². The summed E-state index contributed by atoms with van der Waals surface area (Å²) in [7, 11) is 0. The largest absolute Gasteiger partial charge is 0.385 e. The number of nitrogens with zero attached hydrogens (tertiary/aromatic N) is 1. The average molecular weight is 170 g/mol. The summed E-state index contributed by atoms with van der Waals surface area (Å²) in [5.41, 5.74) is -0.847. The summed E-state index contributed by atoms with van der Waals surface area (Å²) in [6, 6.07) is 3.50. The SMILES string of the molecule is O=[N+]([O-])c1c(F)cccc1[CH]O. The molecule has 4 nitrogen and oxygen atoms in total. The van der Waals surface area contributed by atoms with Crippen molar-refractivity contribution in [3.8, 4) is 0 Å². The van der Waals surface area contributed by atoms with Gasteiger partial charge in [0.05, 0.1) is 10.5 Å².